The van der Waals surface area contributed by atoms with Gasteiger partial charge in [-0.2, -0.15) is 0 Å². The Bertz CT molecular complexity index is 1130. The van der Waals surface area contributed by atoms with Gasteiger partial charge in [0.2, 0.25) is 0 Å². The van der Waals surface area contributed by atoms with Gasteiger partial charge in [0.25, 0.3) is 5.91 Å². The number of nitrogens with two attached hydrogens (primary N) is 1. The Labute approximate surface area is 201 Å². The highest BCUT2D eigenvalue weighted by atomic mass is 16.1. The van der Waals surface area contributed by atoms with E-state index in [-0.39, 0.29) is 11.9 Å². The van der Waals surface area contributed by atoms with Crippen molar-refractivity contribution in [2.45, 2.75) is 39.5 Å². The molecule has 0 unspecified atom stereocenters. The van der Waals surface area contributed by atoms with E-state index in [1.807, 2.05) is 35.3 Å². The minimum absolute atomic E-state index is 0.108. The van der Waals surface area contributed by atoms with Gasteiger partial charge in [0.15, 0.2) is 0 Å². The maximum Gasteiger partial charge on any atom is 0.252 e. The predicted molar refractivity (Wildman–Crippen MR) is 135 cm³/mol. The zero-order chi connectivity index (χ0) is 24.1. The summed E-state index contributed by atoms with van der Waals surface area (Å²) in [7, 11) is 2.06. The largest absolute Gasteiger partial charge is 0.348 e. The third kappa shape index (κ3) is 5.41. The van der Waals surface area contributed by atoms with Gasteiger partial charge in [-0.05, 0) is 56.3 Å². The lowest BCUT2D eigenvalue weighted by Gasteiger charge is -2.23. The molecule has 0 aliphatic carbocycles. The van der Waals surface area contributed by atoms with Gasteiger partial charge in [0.1, 0.15) is 5.82 Å². The zero-order valence-corrected chi connectivity index (χ0v) is 20.1. The number of amides is 1. The van der Waals surface area contributed by atoms with Gasteiger partial charge in [0, 0.05) is 67.8 Å². The highest BCUT2D eigenvalue weighted by Crippen LogP contribution is 2.32. The molecule has 4 N–H and O–H groups in total. The highest BCUT2D eigenvalue weighted by molar-refractivity contribution is 5.98. The number of anilines is 1. The van der Waals surface area contributed by atoms with E-state index in [1.165, 1.54) is 5.56 Å². The summed E-state index contributed by atoms with van der Waals surface area (Å²) in [5.41, 5.74) is 14.6. The third-order valence-electron chi connectivity index (χ3n) is 5.91. The lowest BCUT2D eigenvalue weighted by Crippen LogP contribution is -2.38. The zero-order valence-electron chi connectivity index (χ0n) is 20.1. The van der Waals surface area contributed by atoms with Crippen molar-refractivity contribution >= 4 is 11.7 Å². The van der Waals surface area contributed by atoms with Crippen LogP contribution in [-0.2, 0) is 19.6 Å². The standard InChI is InChI=1S/C26H33N7O/c1-18(2)33-25-23(16-30-33)22(26(34)29-15-19-7-10-28-11-8-19)14-24(31-25)21-6-4-5-20(13-21)17-32(3)12-9-27/h4-8,10-11,13-14,18,30H,9,12,15-17,27H2,1-3H3,(H,29,34). The summed E-state index contributed by atoms with van der Waals surface area (Å²) in [5.74, 6) is 0.704. The Kier molecular flexibility index (Phi) is 7.52. The first kappa shape index (κ1) is 23.8. The fourth-order valence-electron chi connectivity index (χ4n) is 4.17. The number of likely N-dealkylation sites (N-methyl/N-ethyl adjacent to an activating group) is 1. The normalized spacial score (nSPS) is 12.9. The molecule has 34 heavy (non-hydrogen) atoms. The van der Waals surface area contributed by atoms with Crippen molar-refractivity contribution in [3.05, 3.63) is 77.1 Å². The summed E-state index contributed by atoms with van der Waals surface area (Å²) in [5, 5.41) is 5.10. The van der Waals surface area contributed by atoms with Crippen molar-refractivity contribution in [2.24, 2.45) is 5.73 Å². The smallest absolute Gasteiger partial charge is 0.252 e. The van der Waals surface area contributed by atoms with Crippen LogP contribution in [0, 0.1) is 0 Å². The lowest BCUT2D eigenvalue weighted by molar-refractivity contribution is 0.0950. The number of carbonyl (C=O) groups is 1. The number of nitrogens with zero attached hydrogens (tertiary/aromatic N) is 4. The topological polar surface area (TPSA) is 99.4 Å². The van der Waals surface area contributed by atoms with Crippen molar-refractivity contribution in [1.82, 2.24) is 25.6 Å². The molecule has 0 bridgehead atoms. The van der Waals surface area contributed by atoms with Gasteiger partial charge in [-0.15, -0.1) is 0 Å². The Morgan fingerprint density at radius 2 is 2.00 bits per heavy atom. The van der Waals surface area contributed by atoms with E-state index in [0.717, 1.165) is 41.3 Å². The minimum atomic E-state index is -0.108. The van der Waals surface area contributed by atoms with Gasteiger partial charge >= 0.3 is 0 Å². The summed E-state index contributed by atoms with van der Waals surface area (Å²) < 4.78 is 0. The average Bonchev–Trinajstić information content (AvgIpc) is 3.27. The maximum atomic E-state index is 13.3. The summed E-state index contributed by atoms with van der Waals surface area (Å²) >= 11 is 0. The molecule has 4 rings (SSSR count). The highest BCUT2D eigenvalue weighted by Gasteiger charge is 2.28. The molecule has 1 aliphatic heterocycles. The van der Waals surface area contributed by atoms with Crippen molar-refractivity contribution in [1.29, 1.82) is 0 Å². The van der Waals surface area contributed by atoms with Crippen LogP contribution in [0.1, 0.15) is 40.9 Å². The van der Waals surface area contributed by atoms with E-state index >= 15 is 0 Å². The minimum Gasteiger partial charge on any atom is -0.348 e. The molecule has 1 amide bonds. The molecular weight excluding hydrogens is 426 g/mol. The van der Waals surface area contributed by atoms with E-state index < -0.39 is 0 Å². The number of aromatic nitrogens is 2. The quantitative estimate of drug-likeness (QED) is 0.452. The molecule has 3 aromatic rings. The maximum absolute atomic E-state index is 13.3. The van der Waals surface area contributed by atoms with Gasteiger partial charge in [-0.25, -0.2) is 10.4 Å². The second-order valence-electron chi connectivity index (χ2n) is 8.92. The van der Waals surface area contributed by atoms with Crippen LogP contribution < -0.4 is 21.5 Å². The van der Waals surface area contributed by atoms with Crippen molar-refractivity contribution in [3.8, 4) is 11.3 Å². The molecule has 3 heterocycles. The fraction of sp³-hybridized carbons (Fsp3) is 0.346. The molecule has 0 radical (unpaired) electrons. The number of hydrogen-bond donors (Lipinski definition) is 3. The van der Waals surface area contributed by atoms with Crippen LogP contribution in [0.4, 0.5) is 5.82 Å². The average molecular weight is 460 g/mol. The molecule has 0 fully saturated rings. The molecule has 8 nitrogen and oxygen atoms in total. The molecule has 0 saturated carbocycles. The summed E-state index contributed by atoms with van der Waals surface area (Å²) in [6.45, 7) is 7.48. The van der Waals surface area contributed by atoms with Gasteiger partial charge in [-0.1, -0.05) is 18.2 Å². The van der Waals surface area contributed by atoms with Crippen molar-refractivity contribution < 1.29 is 4.79 Å². The number of benzene rings is 1. The first-order chi connectivity index (χ1) is 16.5. The van der Waals surface area contributed by atoms with Crippen LogP contribution >= 0.6 is 0 Å². The van der Waals surface area contributed by atoms with Gasteiger partial charge in [0.05, 0.1) is 5.69 Å². The first-order valence-corrected chi connectivity index (χ1v) is 11.7. The van der Waals surface area contributed by atoms with Gasteiger partial charge in [-0.3, -0.25) is 14.8 Å². The Morgan fingerprint density at radius 3 is 2.74 bits per heavy atom. The van der Waals surface area contributed by atoms with Crippen molar-refractivity contribution in [2.75, 3.05) is 25.1 Å². The molecular formula is C26H33N7O. The van der Waals surface area contributed by atoms with Crippen LogP contribution in [0.5, 0.6) is 0 Å². The number of fused-ring (bicyclic) bond motifs is 1. The number of rotatable bonds is 9. The van der Waals surface area contributed by atoms with E-state index in [4.69, 9.17) is 10.7 Å². The fourth-order valence-corrected chi connectivity index (χ4v) is 4.17. The Morgan fingerprint density at radius 1 is 1.21 bits per heavy atom. The Hall–Kier alpha value is -3.33. The number of hydrazine groups is 1. The summed E-state index contributed by atoms with van der Waals surface area (Å²) in [6, 6.07) is 14.2. The molecule has 1 aliphatic rings. The van der Waals surface area contributed by atoms with Crippen LogP contribution in [0.25, 0.3) is 11.3 Å². The second kappa shape index (κ2) is 10.7. The molecule has 0 saturated heterocycles. The predicted octanol–water partition coefficient (Wildman–Crippen LogP) is 2.70. The number of carbonyl (C=O) groups excluding carboxylic acids is 1. The molecule has 8 heteroatoms. The van der Waals surface area contributed by atoms with Crippen LogP contribution in [0.15, 0.2) is 54.9 Å². The van der Waals surface area contributed by atoms with Crippen molar-refractivity contribution in [3.63, 3.8) is 0 Å². The second-order valence-corrected chi connectivity index (χ2v) is 8.92. The van der Waals surface area contributed by atoms with Gasteiger partial charge < -0.3 is 16.0 Å². The SMILES string of the molecule is CC(C)N1NCc2c(C(=O)NCc3ccncc3)cc(-c3cccc(CN(C)CCN)c3)nc21. The lowest BCUT2D eigenvalue weighted by atomic mass is 10.0. The molecule has 0 atom stereocenters. The van der Waals surface area contributed by atoms with Crippen LogP contribution in [0.2, 0.25) is 0 Å². The van der Waals surface area contributed by atoms with E-state index in [0.29, 0.717) is 25.2 Å². The molecule has 178 valence electrons. The molecule has 2 aromatic heterocycles. The first-order valence-electron chi connectivity index (χ1n) is 11.7. The molecule has 1 aromatic carbocycles. The summed E-state index contributed by atoms with van der Waals surface area (Å²) in [4.78, 5) is 24.5. The third-order valence-corrected chi connectivity index (χ3v) is 5.91. The number of nitrogens with one attached hydrogen (secondary N) is 2. The van der Waals surface area contributed by atoms with E-state index in [1.54, 1.807) is 12.4 Å². The summed E-state index contributed by atoms with van der Waals surface area (Å²) in [6.07, 6.45) is 3.46. The van der Waals surface area contributed by atoms with Crippen LogP contribution in [-0.4, -0.2) is 47.0 Å². The molecule has 0 spiro atoms. The number of hydrogen-bond acceptors (Lipinski definition) is 7. The van der Waals surface area contributed by atoms with E-state index in [2.05, 4.69) is 53.7 Å². The Balaban J connectivity index is 1.67. The number of pyridine rings is 2. The van der Waals surface area contributed by atoms with Crippen LogP contribution in [0.3, 0.4) is 0 Å². The van der Waals surface area contributed by atoms with E-state index in [9.17, 15) is 4.79 Å². The monoisotopic (exact) mass is 459 g/mol.